The summed E-state index contributed by atoms with van der Waals surface area (Å²) in [6, 6.07) is 9.10. The van der Waals surface area contributed by atoms with Gasteiger partial charge in [-0.15, -0.1) is 5.10 Å². The molecule has 0 spiro atoms. The van der Waals surface area contributed by atoms with E-state index in [9.17, 15) is 4.79 Å². The third-order valence-electron chi connectivity index (χ3n) is 3.52. The first-order valence-corrected chi connectivity index (χ1v) is 8.30. The summed E-state index contributed by atoms with van der Waals surface area (Å²) in [5, 5.41) is 4.13. The summed E-state index contributed by atoms with van der Waals surface area (Å²) in [6.07, 6.45) is 0. The molecule has 0 N–H and O–H groups in total. The fourth-order valence-corrected chi connectivity index (χ4v) is 2.41. The highest BCUT2D eigenvalue weighted by atomic mass is 16.6. The summed E-state index contributed by atoms with van der Waals surface area (Å²) in [4.78, 5) is 20.4. The highest BCUT2D eigenvalue weighted by molar-refractivity contribution is 5.85. The van der Waals surface area contributed by atoms with Gasteiger partial charge in [0.25, 0.3) is 11.6 Å². The largest absolute Gasteiger partial charge is 0.494 e. The molecule has 3 aromatic rings. The van der Waals surface area contributed by atoms with Crippen LogP contribution in [0.2, 0.25) is 0 Å². The van der Waals surface area contributed by atoms with E-state index in [1.54, 1.807) is 12.1 Å². The summed E-state index contributed by atoms with van der Waals surface area (Å²) in [6.45, 7) is 6.59. The van der Waals surface area contributed by atoms with Crippen LogP contribution in [0.4, 0.5) is 0 Å². The van der Waals surface area contributed by atoms with Crippen LogP contribution in [0.5, 0.6) is 11.5 Å². The van der Waals surface area contributed by atoms with Crippen molar-refractivity contribution in [2.45, 2.75) is 20.8 Å². The third kappa shape index (κ3) is 4.08. The van der Waals surface area contributed by atoms with Gasteiger partial charge in [-0.05, 0) is 51.1 Å². The van der Waals surface area contributed by atoms with Gasteiger partial charge in [0, 0.05) is 11.4 Å². The number of aryl methyl sites for hydroxylation is 2. The van der Waals surface area contributed by atoms with E-state index in [0.29, 0.717) is 18.1 Å². The zero-order chi connectivity index (χ0) is 18.5. The standard InChI is InChI=1S/C18H20N4O4/c1-4-24-14-5-7-15(8-6-14)25-9-10-26-17(23)16-20-18-19-12(2)11-13(3)22(18)21-16/h5-8,11H,4,9-10H2,1-3H3. The molecule has 8 nitrogen and oxygen atoms in total. The fraction of sp³-hybridized carbons (Fsp3) is 0.333. The van der Waals surface area contributed by atoms with Crippen molar-refractivity contribution < 1.29 is 19.0 Å². The lowest BCUT2D eigenvalue weighted by Crippen LogP contribution is -2.13. The van der Waals surface area contributed by atoms with Gasteiger partial charge < -0.3 is 14.2 Å². The van der Waals surface area contributed by atoms with E-state index in [-0.39, 0.29) is 19.0 Å². The molecule has 3 rings (SSSR count). The number of carbonyl (C=O) groups excluding carboxylic acids is 1. The van der Waals surface area contributed by atoms with Crippen molar-refractivity contribution in [3.8, 4) is 11.5 Å². The average Bonchev–Trinajstić information content (AvgIpc) is 3.04. The van der Waals surface area contributed by atoms with Crippen LogP contribution in [0.25, 0.3) is 5.78 Å². The Morgan fingerprint density at radius 3 is 2.42 bits per heavy atom. The van der Waals surface area contributed by atoms with Crippen molar-refractivity contribution in [1.29, 1.82) is 0 Å². The minimum atomic E-state index is -0.608. The Morgan fingerprint density at radius 1 is 1.04 bits per heavy atom. The minimum absolute atomic E-state index is 0.0210. The third-order valence-corrected chi connectivity index (χ3v) is 3.52. The number of esters is 1. The molecular weight excluding hydrogens is 336 g/mol. The van der Waals surface area contributed by atoms with Crippen molar-refractivity contribution in [3.63, 3.8) is 0 Å². The molecule has 8 heteroatoms. The highest BCUT2D eigenvalue weighted by Gasteiger charge is 2.16. The van der Waals surface area contributed by atoms with Crippen molar-refractivity contribution in [3.05, 3.63) is 47.5 Å². The minimum Gasteiger partial charge on any atom is -0.494 e. The molecule has 0 radical (unpaired) electrons. The normalized spacial score (nSPS) is 10.7. The summed E-state index contributed by atoms with van der Waals surface area (Å²) in [5.41, 5.74) is 1.66. The van der Waals surface area contributed by atoms with Crippen LogP contribution in [-0.4, -0.2) is 45.4 Å². The van der Waals surface area contributed by atoms with Crippen molar-refractivity contribution in [2.24, 2.45) is 0 Å². The molecule has 2 aromatic heterocycles. The molecule has 0 unspecified atom stereocenters. The molecule has 0 bridgehead atoms. The summed E-state index contributed by atoms with van der Waals surface area (Å²) < 4.78 is 17.6. The fourth-order valence-electron chi connectivity index (χ4n) is 2.41. The van der Waals surface area contributed by atoms with Crippen LogP contribution in [0.15, 0.2) is 30.3 Å². The quantitative estimate of drug-likeness (QED) is 0.474. The zero-order valence-electron chi connectivity index (χ0n) is 14.9. The Bertz CT molecular complexity index is 905. The monoisotopic (exact) mass is 356 g/mol. The van der Waals surface area contributed by atoms with Crippen LogP contribution in [-0.2, 0) is 4.74 Å². The molecule has 0 aliphatic rings. The van der Waals surface area contributed by atoms with Crippen molar-refractivity contribution >= 4 is 11.7 Å². The predicted molar refractivity (Wildman–Crippen MR) is 93.6 cm³/mol. The molecule has 0 atom stereocenters. The smallest absolute Gasteiger partial charge is 0.378 e. The van der Waals surface area contributed by atoms with E-state index >= 15 is 0 Å². The number of carbonyl (C=O) groups is 1. The van der Waals surface area contributed by atoms with Crippen molar-refractivity contribution in [1.82, 2.24) is 19.6 Å². The maximum atomic E-state index is 12.1. The second-order valence-electron chi connectivity index (χ2n) is 5.57. The van der Waals surface area contributed by atoms with Crippen LogP contribution in [0.1, 0.15) is 28.9 Å². The number of aromatic nitrogens is 4. The first kappa shape index (κ1) is 17.7. The number of hydrogen-bond donors (Lipinski definition) is 0. The number of rotatable bonds is 7. The SMILES string of the molecule is CCOc1ccc(OCCOC(=O)c2nc3nc(C)cc(C)n3n2)cc1. The molecule has 0 aliphatic heterocycles. The molecule has 136 valence electrons. The van der Waals surface area contributed by atoms with Crippen LogP contribution >= 0.6 is 0 Å². The molecule has 1 aromatic carbocycles. The van der Waals surface area contributed by atoms with Gasteiger partial charge >= 0.3 is 5.97 Å². The number of benzene rings is 1. The second-order valence-corrected chi connectivity index (χ2v) is 5.57. The molecule has 0 saturated carbocycles. The van der Waals surface area contributed by atoms with Gasteiger partial charge in [-0.3, -0.25) is 0 Å². The van der Waals surface area contributed by atoms with Gasteiger partial charge in [-0.1, -0.05) is 0 Å². The molecule has 0 aliphatic carbocycles. The molecule has 0 fully saturated rings. The second kappa shape index (κ2) is 7.81. The van der Waals surface area contributed by atoms with Gasteiger partial charge in [-0.2, -0.15) is 4.98 Å². The van der Waals surface area contributed by atoms with Gasteiger partial charge in [-0.25, -0.2) is 14.3 Å². The van der Waals surface area contributed by atoms with Gasteiger partial charge in [0.2, 0.25) is 0 Å². The average molecular weight is 356 g/mol. The number of hydrogen-bond acceptors (Lipinski definition) is 7. The Hall–Kier alpha value is -3.16. The molecule has 26 heavy (non-hydrogen) atoms. The van der Waals surface area contributed by atoms with E-state index in [4.69, 9.17) is 14.2 Å². The first-order valence-electron chi connectivity index (χ1n) is 8.30. The van der Waals surface area contributed by atoms with E-state index in [1.165, 1.54) is 4.52 Å². The topological polar surface area (TPSA) is 87.8 Å². The maximum absolute atomic E-state index is 12.1. The molecule has 2 heterocycles. The number of fused-ring (bicyclic) bond motifs is 1. The Morgan fingerprint density at radius 2 is 1.73 bits per heavy atom. The van der Waals surface area contributed by atoms with Crippen molar-refractivity contribution in [2.75, 3.05) is 19.8 Å². The molecule has 0 saturated heterocycles. The first-order chi connectivity index (χ1) is 12.6. The maximum Gasteiger partial charge on any atom is 0.378 e. The lowest BCUT2D eigenvalue weighted by Gasteiger charge is -2.07. The molecular formula is C18H20N4O4. The summed E-state index contributed by atoms with van der Waals surface area (Å²) in [7, 11) is 0. The lowest BCUT2D eigenvalue weighted by atomic mass is 10.3. The van der Waals surface area contributed by atoms with E-state index in [0.717, 1.165) is 17.1 Å². The summed E-state index contributed by atoms with van der Waals surface area (Å²) >= 11 is 0. The summed E-state index contributed by atoms with van der Waals surface area (Å²) in [5.74, 6) is 1.20. The van der Waals surface area contributed by atoms with Gasteiger partial charge in [0.15, 0.2) is 0 Å². The van der Waals surface area contributed by atoms with Crippen LogP contribution in [0.3, 0.4) is 0 Å². The van der Waals surface area contributed by atoms with Crippen LogP contribution in [0, 0.1) is 13.8 Å². The highest BCUT2D eigenvalue weighted by Crippen LogP contribution is 2.17. The Labute approximate surface area is 150 Å². The van der Waals surface area contributed by atoms with E-state index in [1.807, 2.05) is 39.0 Å². The van der Waals surface area contributed by atoms with Crippen LogP contribution < -0.4 is 9.47 Å². The number of nitrogens with zero attached hydrogens (tertiary/aromatic N) is 4. The van der Waals surface area contributed by atoms with E-state index < -0.39 is 5.97 Å². The van der Waals surface area contributed by atoms with Gasteiger partial charge in [0.1, 0.15) is 24.7 Å². The molecule has 0 amide bonds. The van der Waals surface area contributed by atoms with Gasteiger partial charge in [0.05, 0.1) is 6.61 Å². The predicted octanol–water partition coefficient (Wildman–Crippen LogP) is 2.38. The lowest BCUT2D eigenvalue weighted by molar-refractivity contribution is 0.0436. The Kier molecular flexibility index (Phi) is 5.31. The zero-order valence-corrected chi connectivity index (χ0v) is 14.9. The Balaban J connectivity index is 1.52. The number of ether oxygens (including phenoxy) is 3. The van der Waals surface area contributed by atoms with E-state index in [2.05, 4.69) is 15.1 Å².